The van der Waals surface area contributed by atoms with E-state index in [0.29, 0.717) is 5.92 Å². The molecular formula is C16H21N3O. The zero-order valence-corrected chi connectivity index (χ0v) is 11.7. The first-order chi connectivity index (χ1) is 9.90. The van der Waals surface area contributed by atoms with Gasteiger partial charge in [-0.15, -0.1) is 0 Å². The fourth-order valence-electron chi connectivity index (χ4n) is 2.54. The van der Waals surface area contributed by atoms with Gasteiger partial charge in [0.2, 0.25) is 0 Å². The van der Waals surface area contributed by atoms with E-state index in [1.54, 1.807) is 0 Å². The number of nitrogens with zero attached hydrogens (tertiary/aromatic N) is 2. The summed E-state index contributed by atoms with van der Waals surface area (Å²) in [4.78, 5) is 0. The van der Waals surface area contributed by atoms with Crippen LogP contribution in [-0.4, -0.2) is 29.5 Å². The lowest BCUT2D eigenvalue weighted by Crippen LogP contribution is -2.24. The lowest BCUT2D eigenvalue weighted by Gasteiger charge is -2.22. The summed E-state index contributed by atoms with van der Waals surface area (Å²) < 4.78 is 7.43. The van der Waals surface area contributed by atoms with Gasteiger partial charge in [0.15, 0.2) is 0 Å². The third kappa shape index (κ3) is 3.61. The summed E-state index contributed by atoms with van der Waals surface area (Å²) in [7, 11) is 0. The van der Waals surface area contributed by atoms with Gasteiger partial charge in [0.1, 0.15) is 0 Å². The number of nitrogens with one attached hydrogen (secondary N) is 1. The minimum Gasteiger partial charge on any atom is -0.385 e. The highest BCUT2D eigenvalue weighted by Gasteiger charge is 2.13. The van der Waals surface area contributed by atoms with Gasteiger partial charge in [-0.05, 0) is 42.5 Å². The molecule has 106 valence electrons. The lowest BCUT2D eigenvalue weighted by atomic mass is 10.0. The largest absolute Gasteiger partial charge is 0.385 e. The molecule has 2 heterocycles. The second-order valence-corrected chi connectivity index (χ2v) is 5.36. The van der Waals surface area contributed by atoms with Crippen molar-refractivity contribution >= 4 is 5.69 Å². The molecule has 0 aliphatic carbocycles. The van der Waals surface area contributed by atoms with E-state index >= 15 is 0 Å². The summed E-state index contributed by atoms with van der Waals surface area (Å²) in [5.41, 5.74) is 2.44. The number of anilines is 1. The van der Waals surface area contributed by atoms with Crippen molar-refractivity contribution < 1.29 is 4.74 Å². The normalized spacial score (nSPS) is 18.9. The van der Waals surface area contributed by atoms with Crippen LogP contribution in [0.2, 0.25) is 0 Å². The van der Waals surface area contributed by atoms with Gasteiger partial charge in [-0.3, -0.25) is 4.68 Å². The highest BCUT2D eigenvalue weighted by atomic mass is 16.5. The van der Waals surface area contributed by atoms with Crippen LogP contribution in [0.25, 0.3) is 0 Å². The third-order valence-corrected chi connectivity index (χ3v) is 3.71. The molecular weight excluding hydrogens is 250 g/mol. The van der Waals surface area contributed by atoms with Crippen LogP contribution in [0.3, 0.4) is 0 Å². The van der Waals surface area contributed by atoms with Gasteiger partial charge < -0.3 is 10.1 Å². The summed E-state index contributed by atoms with van der Waals surface area (Å²) >= 11 is 0. The average molecular weight is 271 g/mol. The fourth-order valence-corrected chi connectivity index (χ4v) is 2.54. The van der Waals surface area contributed by atoms with E-state index in [-0.39, 0.29) is 0 Å². The standard InChI is InChI=1S/C16H21N3O/c1-3-15(13-20-10-1)11-17-16-6-4-14(5-7-16)12-19-9-2-8-18-19/h2,4-9,15,17H,1,3,10-13H2. The Bertz CT molecular complexity index is 501. The van der Waals surface area contributed by atoms with Gasteiger partial charge in [0, 0.05) is 31.2 Å². The summed E-state index contributed by atoms with van der Waals surface area (Å²) in [5, 5.41) is 7.72. The van der Waals surface area contributed by atoms with Gasteiger partial charge >= 0.3 is 0 Å². The monoisotopic (exact) mass is 271 g/mol. The molecule has 1 unspecified atom stereocenters. The predicted molar refractivity (Wildman–Crippen MR) is 79.8 cm³/mol. The molecule has 0 radical (unpaired) electrons. The van der Waals surface area contributed by atoms with E-state index in [4.69, 9.17) is 4.74 Å². The molecule has 0 spiro atoms. The van der Waals surface area contributed by atoms with Crippen molar-refractivity contribution in [3.05, 3.63) is 48.3 Å². The van der Waals surface area contributed by atoms with Gasteiger partial charge in [-0.2, -0.15) is 5.10 Å². The molecule has 0 saturated carbocycles. The van der Waals surface area contributed by atoms with Crippen LogP contribution in [0.5, 0.6) is 0 Å². The Kier molecular flexibility index (Phi) is 4.33. The number of hydrogen-bond donors (Lipinski definition) is 1. The van der Waals surface area contributed by atoms with E-state index in [2.05, 4.69) is 34.7 Å². The second kappa shape index (κ2) is 6.57. The first-order valence-corrected chi connectivity index (χ1v) is 7.28. The number of rotatable bonds is 5. The van der Waals surface area contributed by atoms with E-state index in [1.165, 1.54) is 24.1 Å². The number of aromatic nitrogens is 2. The Labute approximate surface area is 119 Å². The Morgan fingerprint density at radius 2 is 2.20 bits per heavy atom. The SMILES string of the molecule is c1cnn(Cc2ccc(NCC3CCCOC3)cc2)c1. The van der Waals surface area contributed by atoms with Gasteiger partial charge in [-0.25, -0.2) is 0 Å². The molecule has 1 saturated heterocycles. The van der Waals surface area contributed by atoms with Crippen molar-refractivity contribution in [1.29, 1.82) is 0 Å². The van der Waals surface area contributed by atoms with E-state index in [1.807, 2.05) is 23.1 Å². The van der Waals surface area contributed by atoms with E-state index < -0.39 is 0 Å². The van der Waals surface area contributed by atoms with Crippen molar-refractivity contribution in [2.75, 3.05) is 25.1 Å². The van der Waals surface area contributed by atoms with Crippen LogP contribution in [0.4, 0.5) is 5.69 Å². The van der Waals surface area contributed by atoms with E-state index in [0.717, 1.165) is 26.3 Å². The first-order valence-electron chi connectivity index (χ1n) is 7.28. The minimum atomic E-state index is 0.646. The lowest BCUT2D eigenvalue weighted by molar-refractivity contribution is 0.0595. The number of ether oxygens (including phenoxy) is 1. The van der Waals surface area contributed by atoms with Crippen LogP contribution in [0, 0.1) is 5.92 Å². The maximum Gasteiger partial charge on any atom is 0.0659 e. The summed E-state index contributed by atoms with van der Waals surface area (Å²) in [6.45, 7) is 3.64. The zero-order chi connectivity index (χ0) is 13.6. The van der Waals surface area contributed by atoms with Crippen LogP contribution in [-0.2, 0) is 11.3 Å². The molecule has 4 nitrogen and oxygen atoms in total. The number of hydrogen-bond acceptors (Lipinski definition) is 3. The van der Waals surface area contributed by atoms with Crippen LogP contribution < -0.4 is 5.32 Å². The van der Waals surface area contributed by atoms with E-state index in [9.17, 15) is 0 Å². The molecule has 3 rings (SSSR count). The molecule has 0 amide bonds. The smallest absolute Gasteiger partial charge is 0.0659 e. The van der Waals surface area contributed by atoms with Crippen molar-refractivity contribution in [3.8, 4) is 0 Å². The second-order valence-electron chi connectivity index (χ2n) is 5.36. The van der Waals surface area contributed by atoms with Gasteiger partial charge in [-0.1, -0.05) is 12.1 Å². The highest BCUT2D eigenvalue weighted by molar-refractivity contribution is 5.44. The minimum absolute atomic E-state index is 0.646. The topological polar surface area (TPSA) is 39.1 Å². The van der Waals surface area contributed by atoms with Gasteiger partial charge in [0.25, 0.3) is 0 Å². The molecule has 1 aromatic carbocycles. The molecule has 1 atom stereocenters. The Morgan fingerprint density at radius 1 is 1.30 bits per heavy atom. The Balaban J connectivity index is 1.50. The molecule has 4 heteroatoms. The van der Waals surface area contributed by atoms with Crippen LogP contribution in [0.1, 0.15) is 18.4 Å². The zero-order valence-electron chi connectivity index (χ0n) is 11.7. The first kappa shape index (κ1) is 13.2. The fraction of sp³-hybridized carbons (Fsp3) is 0.438. The Hall–Kier alpha value is -1.81. The number of benzene rings is 1. The van der Waals surface area contributed by atoms with Crippen molar-refractivity contribution in [1.82, 2.24) is 9.78 Å². The molecule has 1 aliphatic heterocycles. The van der Waals surface area contributed by atoms with Crippen molar-refractivity contribution in [2.45, 2.75) is 19.4 Å². The molecule has 1 aromatic heterocycles. The predicted octanol–water partition coefficient (Wildman–Crippen LogP) is 2.77. The highest BCUT2D eigenvalue weighted by Crippen LogP contribution is 2.16. The third-order valence-electron chi connectivity index (χ3n) is 3.71. The molecule has 1 fully saturated rings. The maximum absolute atomic E-state index is 5.50. The molecule has 20 heavy (non-hydrogen) atoms. The molecule has 1 N–H and O–H groups in total. The molecule has 0 bridgehead atoms. The van der Waals surface area contributed by atoms with Crippen molar-refractivity contribution in [3.63, 3.8) is 0 Å². The average Bonchev–Trinajstić information content (AvgIpc) is 3.01. The van der Waals surface area contributed by atoms with Crippen LogP contribution in [0.15, 0.2) is 42.7 Å². The maximum atomic E-state index is 5.50. The summed E-state index contributed by atoms with van der Waals surface area (Å²) in [5.74, 6) is 0.646. The van der Waals surface area contributed by atoms with Crippen LogP contribution >= 0.6 is 0 Å². The summed E-state index contributed by atoms with van der Waals surface area (Å²) in [6, 6.07) is 10.5. The molecule has 1 aliphatic rings. The van der Waals surface area contributed by atoms with Crippen molar-refractivity contribution in [2.24, 2.45) is 5.92 Å². The molecule has 2 aromatic rings. The quantitative estimate of drug-likeness (QED) is 0.909. The Morgan fingerprint density at radius 3 is 2.90 bits per heavy atom. The van der Waals surface area contributed by atoms with Gasteiger partial charge in [0.05, 0.1) is 13.2 Å². The summed E-state index contributed by atoms with van der Waals surface area (Å²) in [6.07, 6.45) is 6.25.